The number of nitrogens with zero attached hydrogens (tertiary/aromatic N) is 1. The van der Waals surface area contributed by atoms with E-state index >= 15 is 0 Å². The van der Waals surface area contributed by atoms with Gasteiger partial charge in [-0.3, -0.25) is 4.99 Å². The molecule has 2 N–H and O–H groups in total. The van der Waals surface area contributed by atoms with Crippen molar-refractivity contribution in [2.24, 2.45) is 4.99 Å². The molecule has 5 nitrogen and oxygen atoms in total. The maximum Gasteiger partial charge on any atom is 0.191 e. The van der Waals surface area contributed by atoms with Crippen LogP contribution in [0.3, 0.4) is 0 Å². The van der Waals surface area contributed by atoms with Crippen molar-refractivity contribution in [2.45, 2.75) is 11.3 Å². The maximum atomic E-state index is 12.0. The van der Waals surface area contributed by atoms with Crippen LogP contribution in [-0.2, 0) is 9.84 Å². The fourth-order valence-corrected chi connectivity index (χ4v) is 2.88. The van der Waals surface area contributed by atoms with Gasteiger partial charge in [-0.25, -0.2) is 8.42 Å². The first-order valence-corrected chi connectivity index (χ1v) is 7.64. The molecular formula is C12H18IN3O2S. The zero-order chi connectivity index (χ0) is 12.8. The van der Waals surface area contributed by atoms with Crippen molar-refractivity contribution < 1.29 is 8.42 Å². The molecule has 1 aromatic rings. The highest BCUT2D eigenvalue weighted by Crippen LogP contribution is 2.09. The van der Waals surface area contributed by atoms with Gasteiger partial charge >= 0.3 is 0 Å². The normalized spacial score (nSPS) is 14.8. The highest BCUT2D eigenvalue weighted by Gasteiger charge is 2.13. The first-order chi connectivity index (χ1) is 8.68. The molecule has 1 heterocycles. The first kappa shape index (κ1) is 16.2. The van der Waals surface area contributed by atoms with Gasteiger partial charge in [-0.2, -0.15) is 0 Å². The molecule has 0 bridgehead atoms. The molecule has 1 aliphatic heterocycles. The van der Waals surface area contributed by atoms with Crippen LogP contribution in [0.5, 0.6) is 0 Å². The third-order valence-electron chi connectivity index (χ3n) is 2.66. The first-order valence-electron chi connectivity index (χ1n) is 5.98. The molecule has 1 aromatic carbocycles. The molecule has 1 aliphatic rings. The maximum absolute atomic E-state index is 12.0. The third kappa shape index (κ3) is 4.98. The van der Waals surface area contributed by atoms with E-state index in [9.17, 15) is 8.42 Å². The predicted octanol–water partition coefficient (Wildman–Crippen LogP) is 1.02. The smallest absolute Gasteiger partial charge is 0.191 e. The molecule has 0 radical (unpaired) electrons. The van der Waals surface area contributed by atoms with E-state index in [0.29, 0.717) is 17.4 Å². The Morgan fingerprint density at radius 2 is 2.00 bits per heavy atom. The van der Waals surface area contributed by atoms with Crippen molar-refractivity contribution in [1.82, 2.24) is 10.6 Å². The summed E-state index contributed by atoms with van der Waals surface area (Å²) in [7, 11) is -3.21. The molecule has 0 saturated carbocycles. The average Bonchev–Trinajstić information content (AvgIpc) is 2.41. The van der Waals surface area contributed by atoms with Gasteiger partial charge in [-0.05, 0) is 18.6 Å². The highest BCUT2D eigenvalue weighted by molar-refractivity contribution is 14.0. The molecule has 0 fully saturated rings. The van der Waals surface area contributed by atoms with Gasteiger partial charge in [0.2, 0.25) is 0 Å². The van der Waals surface area contributed by atoms with Crippen molar-refractivity contribution in [3.63, 3.8) is 0 Å². The summed E-state index contributed by atoms with van der Waals surface area (Å²) in [5.41, 5.74) is 0. The van der Waals surface area contributed by atoms with Crippen LogP contribution in [0, 0.1) is 0 Å². The number of rotatable bonds is 4. The van der Waals surface area contributed by atoms with Gasteiger partial charge < -0.3 is 10.6 Å². The Morgan fingerprint density at radius 1 is 1.26 bits per heavy atom. The van der Waals surface area contributed by atoms with Crippen molar-refractivity contribution in [1.29, 1.82) is 0 Å². The summed E-state index contributed by atoms with van der Waals surface area (Å²) in [6, 6.07) is 8.50. The van der Waals surface area contributed by atoms with Gasteiger partial charge in [0.25, 0.3) is 0 Å². The molecule has 0 amide bonds. The Morgan fingerprint density at radius 3 is 2.63 bits per heavy atom. The van der Waals surface area contributed by atoms with E-state index in [2.05, 4.69) is 15.6 Å². The predicted molar refractivity (Wildman–Crippen MR) is 86.8 cm³/mol. The van der Waals surface area contributed by atoms with Gasteiger partial charge in [-0.15, -0.1) is 24.0 Å². The lowest BCUT2D eigenvalue weighted by Crippen LogP contribution is -2.42. The van der Waals surface area contributed by atoms with Gasteiger partial charge in [0.1, 0.15) is 0 Å². The van der Waals surface area contributed by atoms with Gasteiger partial charge in [-0.1, -0.05) is 18.2 Å². The van der Waals surface area contributed by atoms with Crippen molar-refractivity contribution in [3.05, 3.63) is 30.3 Å². The van der Waals surface area contributed by atoms with Crippen LogP contribution < -0.4 is 10.6 Å². The van der Waals surface area contributed by atoms with E-state index in [-0.39, 0.29) is 29.7 Å². The lowest BCUT2D eigenvalue weighted by molar-refractivity contribution is 0.594. The zero-order valence-electron chi connectivity index (χ0n) is 10.5. The monoisotopic (exact) mass is 395 g/mol. The summed E-state index contributed by atoms with van der Waals surface area (Å²) in [6.45, 7) is 2.04. The molecule has 0 aromatic heterocycles. The summed E-state index contributed by atoms with van der Waals surface area (Å²) in [6.07, 6.45) is 1.02. The van der Waals surface area contributed by atoms with Crippen molar-refractivity contribution >= 4 is 39.8 Å². The van der Waals surface area contributed by atoms with Crippen LogP contribution in [0.2, 0.25) is 0 Å². The van der Waals surface area contributed by atoms with E-state index in [4.69, 9.17) is 0 Å². The van der Waals surface area contributed by atoms with Gasteiger partial charge in [0.05, 0.1) is 10.6 Å². The molecule has 0 unspecified atom stereocenters. The minimum Gasteiger partial charge on any atom is -0.356 e. The fraction of sp³-hybridized carbons (Fsp3) is 0.417. The Kier molecular flexibility index (Phi) is 6.56. The summed E-state index contributed by atoms with van der Waals surface area (Å²) >= 11 is 0. The summed E-state index contributed by atoms with van der Waals surface area (Å²) < 4.78 is 23.9. The topological polar surface area (TPSA) is 70.6 Å². The highest BCUT2D eigenvalue weighted by atomic mass is 127. The average molecular weight is 395 g/mol. The van der Waals surface area contributed by atoms with Gasteiger partial charge in [0.15, 0.2) is 15.8 Å². The number of halogens is 1. The second-order valence-corrected chi connectivity index (χ2v) is 6.18. The lowest BCUT2D eigenvalue weighted by Gasteiger charge is -2.15. The van der Waals surface area contributed by atoms with Crippen LogP contribution in [-0.4, -0.2) is 39.8 Å². The molecule has 106 valence electrons. The van der Waals surface area contributed by atoms with Crippen LogP contribution in [0.15, 0.2) is 40.2 Å². The van der Waals surface area contributed by atoms with E-state index < -0.39 is 9.84 Å². The third-order valence-corrected chi connectivity index (χ3v) is 4.39. The Bertz CT molecular complexity index is 517. The fourth-order valence-electron chi connectivity index (χ4n) is 1.70. The number of sulfone groups is 1. The molecule has 19 heavy (non-hydrogen) atoms. The number of benzene rings is 1. The molecule has 0 atom stereocenters. The minimum atomic E-state index is -3.21. The van der Waals surface area contributed by atoms with E-state index in [1.165, 1.54) is 0 Å². The van der Waals surface area contributed by atoms with Crippen LogP contribution in [0.4, 0.5) is 0 Å². The van der Waals surface area contributed by atoms with E-state index in [1.807, 2.05) is 0 Å². The quantitative estimate of drug-likeness (QED) is 0.747. The van der Waals surface area contributed by atoms with E-state index in [1.54, 1.807) is 30.3 Å². The molecular weight excluding hydrogens is 377 g/mol. The Hall–Kier alpha value is -0.830. The van der Waals surface area contributed by atoms with Gasteiger partial charge in [0, 0.05) is 19.6 Å². The van der Waals surface area contributed by atoms with Crippen LogP contribution in [0.1, 0.15) is 6.42 Å². The standard InChI is InChI=1S/C12H17N3O2S.HI/c16-18(17,11-5-2-1-3-6-11)10-9-15-12-13-7-4-8-14-12;/h1-3,5-6H,4,7-10H2,(H2,13,14,15);1H. The second kappa shape index (κ2) is 7.68. The number of hydrogen-bond acceptors (Lipinski definition) is 5. The molecule has 0 spiro atoms. The van der Waals surface area contributed by atoms with Crippen LogP contribution in [0.25, 0.3) is 0 Å². The van der Waals surface area contributed by atoms with Crippen molar-refractivity contribution in [2.75, 3.05) is 25.4 Å². The number of guanidine groups is 1. The molecule has 0 aliphatic carbocycles. The Labute approximate surface area is 130 Å². The van der Waals surface area contributed by atoms with Crippen molar-refractivity contribution in [3.8, 4) is 0 Å². The summed E-state index contributed by atoms with van der Waals surface area (Å²) in [4.78, 5) is 4.59. The zero-order valence-corrected chi connectivity index (χ0v) is 13.6. The SMILES string of the molecule is I.O=S(=O)(CCNC1=NCCCN1)c1ccccc1. The molecule has 0 saturated heterocycles. The van der Waals surface area contributed by atoms with Crippen LogP contribution >= 0.6 is 24.0 Å². The largest absolute Gasteiger partial charge is 0.356 e. The number of aliphatic imine (C=N–C) groups is 1. The summed E-state index contributed by atoms with van der Waals surface area (Å²) in [5, 5.41) is 6.10. The second-order valence-electron chi connectivity index (χ2n) is 4.07. The number of nitrogens with one attached hydrogen (secondary N) is 2. The Balaban J connectivity index is 0.00000180. The number of hydrogen-bond donors (Lipinski definition) is 2. The summed E-state index contributed by atoms with van der Waals surface area (Å²) in [5.74, 6) is 0.766. The lowest BCUT2D eigenvalue weighted by atomic mass is 10.4. The minimum absolute atomic E-state index is 0. The van der Waals surface area contributed by atoms with E-state index in [0.717, 1.165) is 19.5 Å². The molecule has 7 heteroatoms. The molecule has 2 rings (SSSR count).